The number of hydrogen-bond acceptors (Lipinski definition) is 2. The standard InChI is InChI=1S/C17H22F6O2/c1-3-15(11-5-9-4-10(7-11)8-12(15)6-9)25-13(24)16(20,21)17(22,23)14(2,18)19/h9-12H,3-8H2,1-2H3. The van der Waals surface area contributed by atoms with Crippen LogP contribution in [0.15, 0.2) is 0 Å². The minimum atomic E-state index is -5.81. The van der Waals surface area contributed by atoms with Crippen LogP contribution in [-0.4, -0.2) is 29.3 Å². The van der Waals surface area contributed by atoms with E-state index in [4.69, 9.17) is 4.74 Å². The molecule has 0 heterocycles. The zero-order chi connectivity index (χ0) is 18.8. The lowest BCUT2D eigenvalue weighted by atomic mass is 9.49. The van der Waals surface area contributed by atoms with Crippen molar-refractivity contribution in [1.29, 1.82) is 0 Å². The van der Waals surface area contributed by atoms with Crippen molar-refractivity contribution in [3.63, 3.8) is 0 Å². The Labute approximate surface area is 142 Å². The Hall–Kier alpha value is -0.950. The first-order chi connectivity index (χ1) is 11.3. The van der Waals surface area contributed by atoms with E-state index in [2.05, 4.69) is 0 Å². The first-order valence-corrected chi connectivity index (χ1v) is 8.72. The molecule has 4 rings (SSSR count). The zero-order valence-electron chi connectivity index (χ0n) is 14.1. The minimum Gasteiger partial charge on any atom is -0.454 e. The molecule has 4 bridgehead atoms. The molecule has 0 aromatic heterocycles. The summed E-state index contributed by atoms with van der Waals surface area (Å²) < 4.78 is 85.8. The number of alkyl halides is 6. The maximum atomic E-state index is 13.9. The number of rotatable bonds is 5. The number of carbonyl (C=O) groups excluding carboxylic acids is 1. The summed E-state index contributed by atoms with van der Waals surface area (Å²) in [4.78, 5) is 11.9. The molecule has 0 spiro atoms. The van der Waals surface area contributed by atoms with Crippen molar-refractivity contribution in [2.75, 3.05) is 0 Å². The average molecular weight is 372 g/mol. The van der Waals surface area contributed by atoms with Crippen LogP contribution in [0.1, 0.15) is 52.4 Å². The highest BCUT2D eigenvalue weighted by atomic mass is 19.3. The van der Waals surface area contributed by atoms with Gasteiger partial charge in [0.15, 0.2) is 0 Å². The molecule has 0 saturated heterocycles. The predicted octanol–water partition coefficient (Wildman–Crippen LogP) is 5.06. The third-order valence-electron chi connectivity index (χ3n) is 6.56. The highest BCUT2D eigenvalue weighted by Gasteiger charge is 2.75. The van der Waals surface area contributed by atoms with Gasteiger partial charge in [0.1, 0.15) is 5.60 Å². The molecule has 0 atom stereocenters. The largest absolute Gasteiger partial charge is 0.454 e. The van der Waals surface area contributed by atoms with Crippen LogP contribution in [0.2, 0.25) is 0 Å². The fourth-order valence-electron chi connectivity index (χ4n) is 5.44. The van der Waals surface area contributed by atoms with E-state index >= 15 is 0 Å². The second kappa shape index (κ2) is 5.52. The molecule has 144 valence electrons. The molecular formula is C17H22F6O2. The van der Waals surface area contributed by atoms with E-state index in [-0.39, 0.29) is 25.2 Å². The van der Waals surface area contributed by atoms with Crippen LogP contribution >= 0.6 is 0 Å². The Balaban J connectivity index is 1.86. The molecule has 4 aliphatic rings. The molecule has 0 aliphatic heterocycles. The van der Waals surface area contributed by atoms with Crippen molar-refractivity contribution >= 4 is 5.97 Å². The number of esters is 1. The van der Waals surface area contributed by atoms with Crippen LogP contribution < -0.4 is 0 Å². The lowest BCUT2D eigenvalue weighted by molar-refractivity contribution is -0.308. The lowest BCUT2D eigenvalue weighted by Gasteiger charge is -2.60. The van der Waals surface area contributed by atoms with Gasteiger partial charge in [-0.2, -0.15) is 26.3 Å². The maximum absolute atomic E-state index is 13.9. The first-order valence-electron chi connectivity index (χ1n) is 8.72. The van der Waals surface area contributed by atoms with E-state index in [0.717, 1.165) is 6.42 Å². The highest BCUT2D eigenvalue weighted by molar-refractivity contribution is 5.79. The zero-order valence-corrected chi connectivity index (χ0v) is 14.1. The molecule has 0 N–H and O–H groups in total. The number of carbonyl (C=O) groups is 1. The maximum Gasteiger partial charge on any atom is 0.410 e. The van der Waals surface area contributed by atoms with Gasteiger partial charge in [-0.25, -0.2) is 4.79 Å². The quantitative estimate of drug-likeness (QED) is 0.498. The Morgan fingerprint density at radius 3 is 1.76 bits per heavy atom. The van der Waals surface area contributed by atoms with E-state index in [1.54, 1.807) is 6.92 Å². The second-order valence-corrected chi connectivity index (χ2v) is 8.04. The lowest BCUT2D eigenvalue weighted by Crippen LogP contribution is -2.63. The smallest absolute Gasteiger partial charge is 0.410 e. The van der Waals surface area contributed by atoms with Crippen molar-refractivity contribution in [2.24, 2.45) is 23.7 Å². The van der Waals surface area contributed by atoms with Crippen LogP contribution in [0.25, 0.3) is 0 Å². The van der Waals surface area contributed by atoms with Gasteiger partial charge in [-0.1, -0.05) is 6.92 Å². The third-order valence-corrected chi connectivity index (χ3v) is 6.56. The van der Waals surface area contributed by atoms with Gasteiger partial charge in [-0.15, -0.1) is 0 Å². The van der Waals surface area contributed by atoms with E-state index < -0.39 is 29.3 Å². The summed E-state index contributed by atoms with van der Waals surface area (Å²) in [5.74, 6) is -18.4. The molecule has 4 fully saturated rings. The van der Waals surface area contributed by atoms with Gasteiger partial charge < -0.3 is 4.74 Å². The van der Waals surface area contributed by atoms with Crippen molar-refractivity contribution in [3.05, 3.63) is 0 Å². The average Bonchev–Trinajstić information content (AvgIpc) is 2.48. The van der Waals surface area contributed by atoms with Crippen LogP contribution in [0.5, 0.6) is 0 Å². The van der Waals surface area contributed by atoms with Gasteiger partial charge in [0.25, 0.3) is 0 Å². The van der Waals surface area contributed by atoms with Gasteiger partial charge in [0.05, 0.1) is 0 Å². The van der Waals surface area contributed by atoms with Crippen molar-refractivity contribution in [1.82, 2.24) is 0 Å². The number of hydrogen-bond donors (Lipinski definition) is 0. The Kier molecular flexibility index (Phi) is 4.16. The van der Waals surface area contributed by atoms with E-state index in [1.165, 1.54) is 0 Å². The molecule has 0 aromatic carbocycles. The summed E-state index contributed by atoms with van der Waals surface area (Å²) >= 11 is 0. The molecule has 25 heavy (non-hydrogen) atoms. The van der Waals surface area contributed by atoms with Crippen LogP contribution in [0.3, 0.4) is 0 Å². The molecular weight excluding hydrogens is 350 g/mol. The Bertz CT molecular complexity index is 526. The Morgan fingerprint density at radius 2 is 1.40 bits per heavy atom. The van der Waals surface area contributed by atoms with Gasteiger partial charge >= 0.3 is 23.7 Å². The molecule has 8 heteroatoms. The summed E-state index contributed by atoms with van der Waals surface area (Å²) in [6.45, 7) is 1.34. The van der Waals surface area contributed by atoms with Gasteiger partial charge in [-0.3, -0.25) is 0 Å². The summed E-state index contributed by atoms with van der Waals surface area (Å²) in [6.07, 6.45) is 4.12. The second-order valence-electron chi connectivity index (χ2n) is 8.04. The molecule has 0 aromatic rings. The van der Waals surface area contributed by atoms with Gasteiger partial charge in [-0.05, 0) is 62.2 Å². The monoisotopic (exact) mass is 372 g/mol. The predicted molar refractivity (Wildman–Crippen MR) is 76.7 cm³/mol. The normalized spacial score (nSPS) is 38.1. The molecule has 4 aliphatic carbocycles. The Morgan fingerprint density at radius 1 is 0.960 bits per heavy atom. The summed E-state index contributed by atoms with van der Waals surface area (Å²) in [5, 5.41) is 0. The summed E-state index contributed by atoms with van der Waals surface area (Å²) in [6, 6.07) is 0. The molecule has 2 nitrogen and oxygen atoms in total. The van der Waals surface area contributed by atoms with E-state index in [0.29, 0.717) is 37.5 Å². The molecule has 0 unspecified atom stereocenters. The van der Waals surface area contributed by atoms with Gasteiger partial charge in [0, 0.05) is 6.92 Å². The molecule has 0 amide bonds. The van der Waals surface area contributed by atoms with Crippen molar-refractivity contribution < 1.29 is 35.9 Å². The third kappa shape index (κ3) is 2.57. The fourth-order valence-corrected chi connectivity index (χ4v) is 5.44. The van der Waals surface area contributed by atoms with Crippen LogP contribution in [0, 0.1) is 23.7 Å². The van der Waals surface area contributed by atoms with Crippen molar-refractivity contribution in [3.8, 4) is 0 Å². The first kappa shape index (κ1) is 18.8. The van der Waals surface area contributed by atoms with Crippen LogP contribution in [-0.2, 0) is 9.53 Å². The van der Waals surface area contributed by atoms with E-state index in [9.17, 15) is 31.1 Å². The SMILES string of the molecule is CCC1(OC(=O)C(F)(F)C(F)(F)C(C)(F)F)C2CC3CC(C2)CC1C3. The number of ether oxygens (including phenoxy) is 1. The topological polar surface area (TPSA) is 26.3 Å². The van der Waals surface area contributed by atoms with Gasteiger partial charge in [0.2, 0.25) is 0 Å². The van der Waals surface area contributed by atoms with Crippen molar-refractivity contribution in [2.45, 2.75) is 75.7 Å². The highest BCUT2D eigenvalue weighted by Crippen LogP contribution is 2.61. The molecule has 4 saturated carbocycles. The summed E-state index contributed by atoms with van der Waals surface area (Å²) in [7, 11) is 0. The summed E-state index contributed by atoms with van der Waals surface area (Å²) in [5.41, 5.74) is -1.24. The fraction of sp³-hybridized carbons (Fsp3) is 0.941. The van der Waals surface area contributed by atoms with E-state index in [1.807, 2.05) is 0 Å². The minimum absolute atomic E-state index is 0.163. The number of halogens is 6. The van der Waals surface area contributed by atoms with Crippen LogP contribution in [0.4, 0.5) is 26.3 Å². The molecule has 0 radical (unpaired) electrons.